The van der Waals surface area contributed by atoms with Crippen LogP contribution in [0.2, 0.25) is 10.2 Å². The van der Waals surface area contributed by atoms with Gasteiger partial charge in [0.1, 0.15) is 11.0 Å². The Labute approximate surface area is 193 Å². The third kappa shape index (κ3) is 5.35. The van der Waals surface area contributed by atoms with Crippen LogP contribution >= 0.6 is 23.2 Å². The Bertz CT molecular complexity index is 1260. The maximum absolute atomic E-state index is 14.5. The zero-order chi connectivity index (χ0) is 22.5. The number of hydrazone groups is 1. The molecule has 0 aliphatic rings. The first-order valence-electron chi connectivity index (χ1n) is 9.43. The molecule has 2 aromatic carbocycles. The largest absolute Gasteiger partial charge is 0.324 e. The number of hydrogen-bond donors (Lipinski definition) is 2. The van der Waals surface area contributed by atoms with E-state index in [1.807, 2.05) is 31.2 Å². The smallest absolute Gasteiger partial charge is 0.248 e. The predicted octanol–water partition coefficient (Wildman–Crippen LogP) is 5.88. The maximum Gasteiger partial charge on any atom is 0.248 e. The van der Waals surface area contributed by atoms with Gasteiger partial charge in [-0.1, -0.05) is 59.1 Å². The van der Waals surface area contributed by atoms with E-state index < -0.39 is 5.82 Å². The van der Waals surface area contributed by atoms with Crippen molar-refractivity contribution in [2.24, 2.45) is 5.10 Å². The Hall–Kier alpha value is -3.62. The van der Waals surface area contributed by atoms with Crippen LogP contribution in [0, 0.1) is 12.7 Å². The minimum Gasteiger partial charge on any atom is -0.324 e. The van der Waals surface area contributed by atoms with Crippen molar-refractivity contribution in [1.29, 1.82) is 0 Å². The van der Waals surface area contributed by atoms with Gasteiger partial charge in [-0.15, -0.1) is 0 Å². The number of nitrogens with one attached hydrogen (secondary N) is 2. The molecule has 4 rings (SSSR count). The maximum atomic E-state index is 14.5. The molecule has 0 fully saturated rings. The number of pyridine rings is 1. The Balaban J connectivity index is 1.69. The third-order valence-electron chi connectivity index (χ3n) is 4.26. The zero-order valence-corrected chi connectivity index (χ0v) is 18.2. The number of rotatable bonds is 6. The summed E-state index contributed by atoms with van der Waals surface area (Å²) >= 11 is 12.2. The topological polar surface area (TPSA) is 88.0 Å². The molecule has 2 heterocycles. The Morgan fingerprint density at radius 2 is 1.75 bits per heavy atom. The van der Waals surface area contributed by atoms with Crippen LogP contribution < -0.4 is 10.7 Å². The summed E-state index contributed by atoms with van der Waals surface area (Å²) in [5, 5.41) is 7.64. The van der Waals surface area contributed by atoms with E-state index >= 15 is 0 Å². The summed E-state index contributed by atoms with van der Waals surface area (Å²) in [5.41, 5.74) is 5.44. The first kappa shape index (κ1) is 21.6. The van der Waals surface area contributed by atoms with Crippen molar-refractivity contribution >= 4 is 47.0 Å². The summed E-state index contributed by atoms with van der Waals surface area (Å²) < 4.78 is 14.5. The summed E-state index contributed by atoms with van der Waals surface area (Å²) in [6.07, 6.45) is 3.15. The van der Waals surface area contributed by atoms with Gasteiger partial charge in [0.2, 0.25) is 11.9 Å². The molecule has 2 N–H and O–H groups in total. The van der Waals surface area contributed by atoms with E-state index in [0.29, 0.717) is 10.8 Å². The number of aryl methyl sites for hydroxylation is 1. The molecule has 4 aromatic rings. The highest BCUT2D eigenvalue weighted by Crippen LogP contribution is 2.29. The van der Waals surface area contributed by atoms with Gasteiger partial charge in [-0.25, -0.2) is 14.8 Å². The van der Waals surface area contributed by atoms with Crippen LogP contribution in [0.5, 0.6) is 0 Å². The van der Waals surface area contributed by atoms with E-state index in [4.69, 9.17) is 23.2 Å². The van der Waals surface area contributed by atoms with Crippen LogP contribution in [0.15, 0.2) is 65.9 Å². The monoisotopic (exact) mass is 467 g/mol. The Kier molecular flexibility index (Phi) is 6.53. The molecule has 0 aliphatic heterocycles. The SMILES string of the molecule is Cc1ccc(C=NNc2nc(Nc3ccnc(Cl)c3)nc(-c3c(F)cccc3Cl)n2)cc1. The van der Waals surface area contributed by atoms with Gasteiger partial charge in [-0.3, -0.25) is 0 Å². The van der Waals surface area contributed by atoms with Crippen molar-refractivity contribution in [3.63, 3.8) is 0 Å². The lowest BCUT2D eigenvalue weighted by Crippen LogP contribution is -2.06. The average Bonchev–Trinajstić information content (AvgIpc) is 2.75. The quantitative estimate of drug-likeness (QED) is 0.209. The molecule has 10 heteroatoms. The van der Waals surface area contributed by atoms with Crippen LogP contribution in [0.3, 0.4) is 0 Å². The molecule has 0 radical (unpaired) electrons. The van der Waals surface area contributed by atoms with Gasteiger partial charge in [-0.2, -0.15) is 20.1 Å². The summed E-state index contributed by atoms with van der Waals surface area (Å²) in [5.74, 6) is -0.278. The number of nitrogens with zero attached hydrogens (tertiary/aromatic N) is 5. The van der Waals surface area contributed by atoms with E-state index in [1.54, 1.807) is 24.4 Å². The van der Waals surface area contributed by atoms with Crippen LogP contribution in [0.4, 0.5) is 22.0 Å². The van der Waals surface area contributed by atoms with Gasteiger partial charge in [0.05, 0.1) is 16.8 Å². The fourth-order valence-corrected chi connectivity index (χ4v) is 3.15. The molecule has 0 saturated carbocycles. The van der Waals surface area contributed by atoms with Gasteiger partial charge in [0.15, 0.2) is 5.82 Å². The molecule has 0 spiro atoms. The third-order valence-corrected chi connectivity index (χ3v) is 4.78. The van der Waals surface area contributed by atoms with Crippen LogP contribution in [0.25, 0.3) is 11.4 Å². The lowest BCUT2D eigenvalue weighted by Gasteiger charge is -2.10. The molecule has 0 unspecified atom stereocenters. The van der Waals surface area contributed by atoms with Gasteiger partial charge in [0, 0.05) is 11.9 Å². The highest BCUT2D eigenvalue weighted by atomic mass is 35.5. The summed E-state index contributed by atoms with van der Waals surface area (Å²) in [4.78, 5) is 16.8. The number of anilines is 3. The van der Waals surface area contributed by atoms with E-state index in [-0.39, 0.29) is 28.3 Å². The molecule has 7 nitrogen and oxygen atoms in total. The second kappa shape index (κ2) is 9.67. The highest BCUT2D eigenvalue weighted by molar-refractivity contribution is 6.33. The van der Waals surface area contributed by atoms with E-state index in [0.717, 1.165) is 11.1 Å². The normalized spacial score (nSPS) is 11.0. The molecule has 0 amide bonds. The van der Waals surface area contributed by atoms with Gasteiger partial charge >= 0.3 is 0 Å². The van der Waals surface area contributed by atoms with Gasteiger partial charge in [0.25, 0.3) is 0 Å². The molecule has 0 aliphatic carbocycles. The number of halogens is 3. The first-order chi connectivity index (χ1) is 15.5. The van der Waals surface area contributed by atoms with E-state index in [1.165, 1.54) is 18.3 Å². The summed E-state index contributed by atoms with van der Waals surface area (Å²) in [6, 6.07) is 15.4. The van der Waals surface area contributed by atoms with Crippen LogP contribution in [0.1, 0.15) is 11.1 Å². The molecule has 0 atom stereocenters. The molecule has 32 heavy (non-hydrogen) atoms. The van der Waals surface area contributed by atoms with Crippen LogP contribution in [-0.2, 0) is 0 Å². The molecule has 2 aromatic heterocycles. The van der Waals surface area contributed by atoms with Crippen molar-refractivity contribution in [3.05, 3.63) is 87.9 Å². The summed E-state index contributed by atoms with van der Waals surface area (Å²) in [6.45, 7) is 2.00. The molecule has 0 saturated heterocycles. The Morgan fingerprint density at radius 1 is 0.969 bits per heavy atom. The van der Waals surface area contributed by atoms with Crippen molar-refractivity contribution in [2.75, 3.05) is 10.7 Å². The second-order valence-electron chi connectivity index (χ2n) is 6.68. The lowest BCUT2D eigenvalue weighted by atomic mass is 10.2. The van der Waals surface area contributed by atoms with Crippen molar-refractivity contribution in [1.82, 2.24) is 19.9 Å². The average molecular weight is 468 g/mol. The second-order valence-corrected chi connectivity index (χ2v) is 7.47. The summed E-state index contributed by atoms with van der Waals surface area (Å²) in [7, 11) is 0. The number of benzene rings is 2. The van der Waals surface area contributed by atoms with Gasteiger partial charge in [-0.05, 0) is 36.8 Å². The highest BCUT2D eigenvalue weighted by Gasteiger charge is 2.16. The zero-order valence-electron chi connectivity index (χ0n) is 16.7. The Morgan fingerprint density at radius 3 is 2.50 bits per heavy atom. The van der Waals surface area contributed by atoms with Crippen molar-refractivity contribution in [3.8, 4) is 11.4 Å². The predicted molar refractivity (Wildman–Crippen MR) is 125 cm³/mol. The van der Waals surface area contributed by atoms with Crippen molar-refractivity contribution in [2.45, 2.75) is 6.92 Å². The fourth-order valence-electron chi connectivity index (χ4n) is 2.73. The van der Waals surface area contributed by atoms with Gasteiger partial charge < -0.3 is 5.32 Å². The van der Waals surface area contributed by atoms with E-state index in [9.17, 15) is 4.39 Å². The standard InChI is InChI=1S/C22H16Cl2FN7/c1-13-5-7-14(8-6-13)12-27-32-22-30-20(19-16(23)3-2-4-17(19)25)29-21(31-22)28-15-9-10-26-18(24)11-15/h2-12H,1H3,(H2,26,28,29,30,31,32). The minimum absolute atomic E-state index is 0.0405. The molecular formula is C22H16Cl2FN7. The number of hydrogen-bond acceptors (Lipinski definition) is 7. The minimum atomic E-state index is -0.560. The molecule has 160 valence electrons. The molecule has 0 bridgehead atoms. The van der Waals surface area contributed by atoms with Crippen molar-refractivity contribution < 1.29 is 4.39 Å². The fraction of sp³-hybridized carbons (Fsp3) is 0.0455. The first-order valence-corrected chi connectivity index (χ1v) is 10.2. The number of aromatic nitrogens is 4. The van der Waals surface area contributed by atoms with Crippen LogP contribution in [-0.4, -0.2) is 26.2 Å². The lowest BCUT2D eigenvalue weighted by molar-refractivity contribution is 0.630. The molecular weight excluding hydrogens is 452 g/mol. The van der Waals surface area contributed by atoms with E-state index in [2.05, 4.69) is 35.8 Å².